The molecule has 0 bridgehead atoms. The SMILES string of the molecule is COCCNC(=O)N(c1cnc(-c2cnc(OC)nc2)cn1)C1CCC(Nc2ncc(C(F)(F)F)c(-c3nn(C(F)F)cc3Cl)n2)CC1. The summed E-state index contributed by atoms with van der Waals surface area (Å²) in [4.78, 5) is 39.7. The molecule has 48 heavy (non-hydrogen) atoms. The summed E-state index contributed by atoms with van der Waals surface area (Å²) in [6, 6.07) is -0.809. The van der Waals surface area contributed by atoms with Gasteiger partial charge in [-0.05, 0) is 25.7 Å². The molecule has 0 aromatic carbocycles. The largest absolute Gasteiger partial charge is 0.467 e. The van der Waals surface area contributed by atoms with Crippen molar-refractivity contribution >= 4 is 29.4 Å². The average molecular weight is 698 g/mol. The van der Waals surface area contributed by atoms with Gasteiger partial charge in [-0.15, -0.1) is 0 Å². The molecule has 0 unspecified atom stereocenters. The first-order valence-corrected chi connectivity index (χ1v) is 14.8. The molecule has 0 aliphatic heterocycles. The molecule has 1 aliphatic carbocycles. The van der Waals surface area contributed by atoms with Crippen LogP contribution in [0, 0.1) is 0 Å². The van der Waals surface area contributed by atoms with Gasteiger partial charge in [0.2, 0.25) is 5.95 Å². The Morgan fingerprint density at radius 2 is 1.75 bits per heavy atom. The van der Waals surface area contributed by atoms with Crippen LogP contribution < -0.4 is 20.3 Å². The van der Waals surface area contributed by atoms with Gasteiger partial charge >= 0.3 is 24.8 Å². The number of hydrogen-bond acceptors (Lipinski definition) is 11. The highest BCUT2D eigenvalue weighted by molar-refractivity contribution is 6.33. The van der Waals surface area contributed by atoms with E-state index in [-0.39, 0.29) is 35.3 Å². The summed E-state index contributed by atoms with van der Waals surface area (Å²) in [5.41, 5.74) is -1.50. The minimum atomic E-state index is -4.90. The summed E-state index contributed by atoms with van der Waals surface area (Å²) in [5, 5.41) is 8.92. The number of amides is 2. The van der Waals surface area contributed by atoms with Crippen molar-refractivity contribution in [2.45, 2.75) is 50.5 Å². The van der Waals surface area contributed by atoms with Gasteiger partial charge in [0.1, 0.15) is 17.0 Å². The van der Waals surface area contributed by atoms with Crippen molar-refractivity contribution in [2.75, 3.05) is 37.6 Å². The van der Waals surface area contributed by atoms with Crippen molar-refractivity contribution in [2.24, 2.45) is 0 Å². The number of nitrogens with zero attached hydrogens (tertiary/aromatic N) is 9. The van der Waals surface area contributed by atoms with Crippen LogP contribution in [0.5, 0.6) is 6.01 Å². The van der Waals surface area contributed by atoms with Gasteiger partial charge in [0.05, 0.1) is 43.0 Å². The van der Waals surface area contributed by atoms with Gasteiger partial charge in [0.15, 0.2) is 5.82 Å². The smallest absolute Gasteiger partial charge is 0.420 e. The Morgan fingerprint density at radius 1 is 1.02 bits per heavy atom. The summed E-state index contributed by atoms with van der Waals surface area (Å²) in [7, 11) is 2.96. The third kappa shape index (κ3) is 8.01. The zero-order valence-electron chi connectivity index (χ0n) is 25.5. The Kier molecular flexibility index (Phi) is 10.8. The topological polar surface area (TPSA) is 158 Å². The predicted octanol–water partition coefficient (Wildman–Crippen LogP) is 5.25. The molecule has 0 radical (unpaired) electrons. The molecule has 1 fully saturated rings. The van der Waals surface area contributed by atoms with Gasteiger partial charge in [-0.1, -0.05) is 11.6 Å². The lowest BCUT2D eigenvalue weighted by molar-refractivity contribution is -0.137. The second-order valence-electron chi connectivity index (χ2n) is 10.5. The number of nitrogens with one attached hydrogen (secondary N) is 2. The summed E-state index contributed by atoms with van der Waals surface area (Å²) in [6.45, 7) is -2.57. The highest BCUT2D eigenvalue weighted by atomic mass is 35.5. The summed E-state index contributed by atoms with van der Waals surface area (Å²) >= 11 is 5.97. The fourth-order valence-corrected chi connectivity index (χ4v) is 5.31. The number of rotatable bonds is 11. The first kappa shape index (κ1) is 34.6. The van der Waals surface area contributed by atoms with E-state index in [1.807, 2.05) is 0 Å². The van der Waals surface area contributed by atoms with E-state index in [1.165, 1.54) is 43.9 Å². The lowest BCUT2D eigenvalue weighted by atomic mass is 9.90. The number of alkyl halides is 5. The van der Waals surface area contributed by atoms with Gasteiger partial charge in [-0.25, -0.2) is 34.4 Å². The molecule has 5 rings (SSSR count). The number of anilines is 2. The molecule has 2 amide bonds. The zero-order chi connectivity index (χ0) is 34.4. The summed E-state index contributed by atoms with van der Waals surface area (Å²) in [5.74, 6) is 0.137. The van der Waals surface area contributed by atoms with Crippen LogP contribution in [0.25, 0.3) is 22.6 Å². The molecule has 1 aliphatic rings. The fourth-order valence-electron chi connectivity index (χ4n) is 5.08. The van der Waals surface area contributed by atoms with Crippen LogP contribution >= 0.6 is 11.6 Å². The normalized spacial score (nSPS) is 16.5. The van der Waals surface area contributed by atoms with Crippen molar-refractivity contribution in [3.05, 3.63) is 47.8 Å². The van der Waals surface area contributed by atoms with Crippen LogP contribution in [-0.2, 0) is 10.9 Å². The van der Waals surface area contributed by atoms with Crippen LogP contribution in [0.1, 0.15) is 37.8 Å². The van der Waals surface area contributed by atoms with E-state index >= 15 is 0 Å². The Hall–Kier alpha value is -4.78. The molecule has 2 N–H and O–H groups in total. The predicted molar refractivity (Wildman–Crippen MR) is 162 cm³/mol. The van der Waals surface area contributed by atoms with E-state index in [0.717, 1.165) is 6.20 Å². The van der Waals surface area contributed by atoms with Gasteiger partial charge in [-0.3, -0.25) is 9.88 Å². The Labute approximate surface area is 275 Å². The van der Waals surface area contributed by atoms with Gasteiger partial charge in [0.25, 0.3) is 0 Å². The Bertz CT molecular complexity index is 1690. The lowest BCUT2D eigenvalue weighted by Crippen LogP contribution is -2.49. The molecule has 0 saturated heterocycles. The van der Waals surface area contributed by atoms with Crippen LogP contribution in [0.15, 0.2) is 37.2 Å². The molecule has 1 saturated carbocycles. The highest BCUT2D eigenvalue weighted by Crippen LogP contribution is 2.38. The van der Waals surface area contributed by atoms with Gasteiger partial charge in [0, 0.05) is 49.9 Å². The van der Waals surface area contributed by atoms with Crippen molar-refractivity contribution < 1.29 is 36.2 Å². The van der Waals surface area contributed by atoms with Crippen LogP contribution in [0.4, 0.5) is 38.5 Å². The van der Waals surface area contributed by atoms with E-state index in [4.69, 9.17) is 21.1 Å². The van der Waals surface area contributed by atoms with Crippen LogP contribution in [0.2, 0.25) is 5.02 Å². The van der Waals surface area contributed by atoms with Gasteiger partial charge in [-0.2, -0.15) is 27.1 Å². The molecule has 20 heteroatoms. The number of urea groups is 1. The third-order valence-electron chi connectivity index (χ3n) is 7.39. The van der Waals surface area contributed by atoms with Crippen molar-refractivity contribution in [1.29, 1.82) is 0 Å². The molecule has 4 aromatic rings. The third-order valence-corrected chi connectivity index (χ3v) is 7.67. The van der Waals surface area contributed by atoms with E-state index < -0.39 is 40.7 Å². The number of carbonyl (C=O) groups excluding carboxylic acids is 1. The maximum atomic E-state index is 13.8. The number of carbonyl (C=O) groups is 1. The number of halogens is 6. The molecular formula is C28H29ClF5N11O3. The number of methoxy groups -OCH3 is 2. The number of hydrogen-bond donors (Lipinski definition) is 2. The molecular weight excluding hydrogens is 669 g/mol. The maximum absolute atomic E-state index is 13.8. The van der Waals surface area contributed by atoms with Crippen molar-refractivity contribution in [1.82, 2.24) is 45.0 Å². The van der Waals surface area contributed by atoms with Crippen molar-refractivity contribution in [3.8, 4) is 28.7 Å². The van der Waals surface area contributed by atoms with Crippen LogP contribution in [-0.4, -0.2) is 85.2 Å². The van der Waals surface area contributed by atoms with E-state index in [0.29, 0.717) is 55.6 Å². The van der Waals surface area contributed by atoms with E-state index in [2.05, 4.69) is 45.6 Å². The summed E-state index contributed by atoms with van der Waals surface area (Å²) in [6.07, 6.45) is 4.31. The second kappa shape index (κ2) is 15.0. The molecule has 14 nitrogen and oxygen atoms in total. The Morgan fingerprint density at radius 3 is 2.33 bits per heavy atom. The minimum Gasteiger partial charge on any atom is -0.467 e. The lowest BCUT2D eigenvalue weighted by Gasteiger charge is -2.36. The molecule has 256 valence electrons. The van der Waals surface area contributed by atoms with E-state index in [1.54, 1.807) is 0 Å². The highest BCUT2D eigenvalue weighted by Gasteiger charge is 2.38. The van der Waals surface area contributed by atoms with Crippen LogP contribution in [0.3, 0.4) is 0 Å². The number of aromatic nitrogens is 8. The minimum absolute atomic E-state index is 0.150. The molecule has 4 heterocycles. The quantitative estimate of drug-likeness (QED) is 0.156. The molecule has 0 atom stereocenters. The van der Waals surface area contributed by atoms with Gasteiger partial charge < -0.3 is 20.1 Å². The maximum Gasteiger partial charge on any atom is 0.420 e. The Balaban J connectivity index is 1.32. The molecule has 0 spiro atoms. The average Bonchev–Trinajstić information content (AvgIpc) is 3.47. The fraction of sp³-hybridized carbons (Fsp3) is 0.429. The monoisotopic (exact) mass is 697 g/mol. The first-order valence-electron chi connectivity index (χ1n) is 14.5. The second-order valence-corrected chi connectivity index (χ2v) is 10.9. The van der Waals surface area contributed by atoms with Crippen molar-refractivity contribution in [3.63, 3.8) is 0 Å². The molecule has 4 aromatic heterocycles. The number of ether oxygens (including phenoxy) is 2. The van der Waals surface area contributed by atoms with E-state index in [9.17, 15) is 26.7 Å². The zero-order valence-corrected chi connectivity index (χ0v) is 26.2. The first-order chi connectivity index (χ1) is 23.0. The summed E-state index contributed by atoms with van der Waals surface area (Å²) < 4.78 is 77.9. The standard InChI is InChI=1S/C28H29ClF5N11O3/c1-47-8-7-35-27(46)45(21-13-36-20(12-37-21)15-9-39-26(48-2)40-10-15)17-5-3-16(4-6-17)41-25-38-11-18(28(32,33)34)22(42-25)23-19(29)14-44(43-23)24(30)31/h9-14,16-17,24H,3-8H2,1-2H3,(H,35,46)(H,38,41,42).